The van der Waals surface area contributed by atoms with E-state index in [1.54, 1.807) is 18.9 Å². The fourth-order valence-electron chi connectivity index (χ4n) is 3.00. The van der Waals surface area contributed by atoms with E-state index < -0.39 is 0 Å². The number of methoxy groups -OCH3 is 1. The lowest BCUT2D eigenvalue weighted by molar-refractivity contribution is 0.301. The molecule has 0 fully saturated rings. The van der Waals surface area contributed by atoms with Gasteiger partial charge in [0, 0.05) is 23.0 Å². The van der Waals surface area contributed by atoms with Crippen LogP contribution < -0.4 is 4.74 Å². The van der Waals surface area contributed by atoms with Crippen LogP contribution in [-0.2, 0) is 0 Å². The Morgan fingerprint density at radius 3 is 2.22 bits per heavy atom. The number of ether oxygens (including phenoxy) is 1. The number of hydrogen-bond acceptors (Lipinski definition) is 4. The van der Waals surface area contributed by atoms with Gasteiger partial charge in [0.25, 0.3) is 0 Å². The summed E-state index contributed by atoms with van der Waals surface area (Å²) in [6.45, 7) is 0.163. The molecule has 1 heterocycles. The standard InChI is InChI=1S/C19H20O3S/c1-22-13-6-7-19-17(12-13)15(9-11-21)14(8-10-20)16-4-2-3-5-18(16)23-19/h2-7,12,20-21H,8-11H2,1H3. The van der Waals surface area contributed by atoms with Crippen molar-refractivity contribution in [3.63, 3.8) is 0 Å². The largest absolute Gasteiger partial charge is 0.497 e. The number of rotatable bonds is 5. The summed E-state index contributed by atoms with van der Waals surface area (Å²) >= 11 is 1.72. The Morgan fingerprint density at radius 1 is 0.870 bits per heavy atom. The van der Waals surface area contributed by atoms with E-state index in [1.165, 1.54) is 4.90 Å². The molecule has 0 amide bonds. The van der Waals surface area contributed by atoms with Crippen LogP contribution in [0.1, 0.15) is 24.0 Å². The monoisotopic (exact) mass is 328 g/mol. The van der Waals surface area contributed by atoms with Gasteiger partial charge in [-0.15, -0.1) is 0 Å². The fourth-order valence-corrected chi connectivity index (χ4v) is 4.12. The van der Waals surface area contributed by atoms with E-state index in [-0.39, 0.29) is 13.2 Å². The lowest BCUT2D eigenvalue weighted by Crippen LogP contribution is -1.98. The summed E-state index contributed by atoms with van der Waals surface area (Å²) in [7, 11) is 1.66. The Hall–Kier alpha value is -1.75. The van der Waals surface area contributed by atoms with Crippen molar-refractivity contribution < 1.29 is 14.9 Å². The van der Waals surface area contributed by atoms with E-state index >= 15 is 0 Å². The summed E-state index contributed by atoms with van der Waals surface area (Å²) < 4.78 is 5.38. The van der Waals surface area contributed by atoms with Crippen molar-refractivity contribution in [2.45, 2.75) is 22.6 Å². The van der Waals surface area contributed by atoms with Crippen molar-refractivity contribution in [3.8, 4) is 5.75 Å². The molecule has 0 saturated carbocycles. The third kappa shape index (κ3) is 3.15. The van der Waals surface area contributed by atoms with Gasteiger partial charge in [-0.2, -0.15) is 0 Å². The molecule has 23 heavy (non-hydrogen) atoms. The molecule has 0 saturated heterocycles. The van der Waals surface area contributed by atoms with Gasteiger partial charge in [-0.05, 0) is 59.4 Å². The maximum atomic E-state index is 9.56. The summed E-state index contributed by atoms with van der Waals surface area (Å²) in [5, 5.41) is 19.1. The zero-order chi connectivity index (χ0) is 16.2. The number of aliphatic hydroxyl groups is 2. The number of aliphatic hydroxyl groups excluding tert-OH is 2. The molecule has 0 radical (unpaired) electrons. The smallest absolute Gasteiger partial charge is 0.119 e. The molecule has 0 aromatic heterocycles. The highest BCUT2D eigenvalue weighted by Gasteiger charge is 2.22. The quantitative estimate of drug-likeness (QED) is 0.876. The van der Waals surface area contributed by atoms with Gasteiger partial charge in [-0.1, -0.05) is 30.0 Å². The van der Waals surface area contributed by atoms with Gasteiger partial charge in [-0.25, -0.2) is 0 Å². The molecule has 4 heteroatoms. The van der Waals surface area contributed by atoms with Crippen LogP contribution in [0.25, 0.3) is 11.1 Å². The lowest BCUT2D eigenvalue weighted by Gasteiger charge is -2.15. The molecular formula is C19H20O3S. The summed E-state index contributed by atoms with van der Waals surface area (Å²) in [5.74, 6) is 0.800. The Bertz CT molecular complexity index is 737. The van der Waals surface area contributed by atoms with Gasteiger partial charge in [0.2, 0.25) is 0 Å². The lowest BCUT2D eigenvalue weighted by atomic mass is 9.90. The van der Waals surface area contributed by atoms with E-state index in [2.05, 4.69) is 18.2 Å². The minimum atomic E-state index is 0.0771. The van der Waals surface area contributed by atoms with Crippen LogP contribution in [0, 0.1) is 0 Å². The first-order valence-corrected chi connectivity index (χ1v) is 8.49. The first-order valence-electron chi connectivity index (χ1n) is 7.68. The molecule has 1 aliphatic rings. The summed E-state index contributed by atoms with van der Waals surface area (Å²) in [6.07, 6.45) is 1.13. The van der Waals surface area contributed by atoms with Crippen molar-refractivity contribution >= 4 is 22.9 Å². The molecule has 0 bridgehead atoms. The molecule has 0 spiro atoms. The van der Waals surface area contributed by atoms with Gasteiger partial charge >= 0.3 is 0 Å². The molecule has 0 atom stereocenters. The third-order valence-electron chi connectivity index (χ3n) is 4.03. The van der Waals surface area contributed by atoms with Gasteiger partial charge in [0.05, 0.1) is 7.11 Å². The average molecular weight is 328 g/mol. The minimum Gasteiger partial charge on any atom is -0.497 e. The van der Waals surface area contributed by atoms with Crippen molar-refractivity contribution in [2.75, 3.05) is 20.3 Å². The number of hydrogen-bond donors (Lipinski definition) is 2. The van der Waals surface area contributed by atoms with Crippen LogP contribution >= 0.6 is 11.8 Å². The first-order chi connectivity index (χ1) is 11.3. The topological polar surface area (TPSA) is 49.7 Å². The maximum absolute atomic E-state index is 9.56. The third-order valence-corrected chi connectivity index (χ3v) is 5.18. The first kappa shape index (κ1) is 16.1. The van der Waals surface area contributed by atoms with Gasteiger partial charge in [0.1, 0.15) is 5.75 Å². The fraction of sp³-hybridized carbons (Fsp3) is 0.263. The van der Waals surface area contributed by atoms with Crippen LogP contribution in [-0.4, -0.2) is 30.5 Å². The molecule has 2 aromatic rings. The van der Waals surface area contributed by atoms with E-state index in [1.807, 2.05) is 24.3 Å². The second-order valence-electron chi connectivity index (χ2n) is 5.36. The Morgan fingerprint density at radius 2 is 1.52 bits per heavy atom. The van der Waals surface area contributed by atoms with E-state index in [9.17, 15) is 10.2 Å². The molecule has 120 valence electrons. The van der Waals surface area contributed by atoms with Crippen molar-refractivity contribution in [3.05, 3.63) is 53.6 Å². The summed E-state index contributed by atoms with van der Waals surface area (Å²) in [5.41, 5.74) is 4.43. The molecular weight excluding hydrogens is 308 g/mol. The van der Waals surface area contributed by atoms with Crippen LogP contribution in [0.3, 0.4) is 0 Å². The van der Waals surface area contributed by atoms with Gasteiger partial charge < -0.3 is 14.9 Å². The van der Waals surface area contributed by atoms with Gasteiger partial charge in [0.15, 0.2) is 0 Å². The molecule has 2 aromatic carbocycles. The predicted octanol–water partition coefficient (Wildman–Crippen LogP) is 3.84. The predicted molar refractivity (Wildman–Crippen MR) is 93.8 cm³/mol. The van der Waals surface area contributed by atoms with Crippen molar-refractivity contribution in [1.29, 1.82) is 0 Å². The van der Waals surface area contributed by atoms with Crippen LogP contribution in [0.5, 0.6) is 5.75 Å². The Labute approximate surface area is 140 Å². The zero-order valence-corrected chi connectivity index (χ0v) is 13.9. The summed E-state index contributed by atoms with van der Waals surface area (Å²) in [4.78, 5) is 2.32. The summed E-state index contributed by atoms with van der Waals surface area (Å²) in [6, 6.07) is 14.3. The van der Waals surface area contributed by atoms with Crippen LogP contribution in [0.4, 0.5) is 0 Å². The minimum absolute atomic E-state index is 0.0771. The molecule has 0 unspecified atom stereocenters. The number of benzene rings is 2. The van der Waals surface area contributed by atoms with Crippen molar-refractivity contribution in [1.82, 2.24) is 0 Å². The Balaban J connectivity index is 2.28. The van der Waals surface area contributed by atoms with E-state index in [0.29, 0.717) is 12.8 Å². The van der Waals surface area contributed by atoms with Gasteiger partial charge in [-0.3, -0.25) is 0 Å². The molecule has 3 nitrogen and oxygen atoms in total. The molecule has 3 rings (SSSR count). The van der Waals surface area contributed by atoms with Crippen molar-refractivity contribution in [2.24, 2.45) is 0 Å². The van der Waals surface area contributed by atoms with Crippen LogP contribution in [0.15, 0.2) is 52.3 Å². The van der Waals surface area contributed by atoms with Crippen LogP contribution in [0.2, 0.25) is 0 Å². The Kier molecular flexibility index (Phi) is 5.06. The number of fused-ring (bicyclic) bond motifs is 2. The molecule has 1 aliphatic heterocycles. The zero-order valence-electron chi connectivity index (χ0n) is 13.1. The highest BCUT2D eigenvalue weighted by Crippen LogP contribution is 2.46. The SMILES string of the molecule is COc1ccc2c(c1)C(CCO)=C(CCO)c1ccccc1S2. The highest BCUT2D eigenvalue weighted by atomic mass is 32.2. The average Bonchev–Trinajstić information content (AvgIpc) is 2.71. The highest BCUT2D eigenvalue weighted by molar-refractivity contribution is 7.99. The second kappa shape index (κ2) is 7.21. The normalized spacial score (nSPS) is 13.3. The maximum Gasteiger partial charge on any atom is 0.119 e. The molecule has 0 aliphatic carbocycles. The molecule has 2 N–H and O–H groups in total. The second-order valence-corrected chi connectivity index (χ2v) is 6.45. The van der Waals surface area contributed by atoms with E-state index in [4.69, 9.17) is 4.74 Å². The van der Waals surface area contributed by atoms with E-state index in [0.717, 1.165) is 32.9 Å².